The molecule has 0 spiro atoms. The standard InChI is InChI=1S/C14H10ClF3O2/c15-11-3-1-2-4-13(11)20-8-9-5-6-10(7-12(9)19)14(16,17)18/h1-7,19H,8H2. The highest BCUT2D eigenvalue weighted by atomic mass is 35.5. The lowest BCUT2D eigenvalue weighted by atomic mass is 10.1. The second-order valence-corrected chi connectivity index (χ2v) is 4.47. The molecule has 0 aliphatic rings. The zero-order chi connectivity index (χ0) is 14.8. The van der Waals surface area contributed by atoms with Gasteiger partial charge in [0.2, 0.25) is 0 Å². The van der Waals surface area contributed by atoms with Crippen LogP contribution in [0.25, 0.3) is 0 Å². The molecule has 6 heteroatoms. The number of benzene rings is 2. The Morgan fingerprint density at radius 3 is 2.40 bits per heavy atom. The summed E-state index contributed by atoms with van der Waals surface area (Å²) >= 11 is 5.88. The van der Waals surface area contributed by atoms with Crippen LogP contribution in [-0.2, 0) is 12.8 Å². The maximum Gasteiger partial charge on any atom is 0.416 e. The van der Waals surface area contributed by atoms with Crippen molar-refractivity contribution in [3.8, 4) is 11.5 Å². The van der Waals surface area contributed by atoms with Gasteiger partial charge < -0.3 is 9.84 Å². The summed E-state index contributed by atoms with van der Waals surface area (Å²) in [5.74, 6) is -0.0691. The Bertz CT molecular complexity index is 612. The van der Waals surface area contributed by atoms with Gasteiger partial charge in [-0.3, -0.25) is 0 Å². The van der Waals surface area contributed by atoms with E-state index in [9.17, 15) is 18.3 Å². The summed E-state index contributed by atoms with van der Waals surface area (Å²) in [5.41, 5.74) is -0.658. The fraction of sp³-hybridized carbons (Fsp3) is 0.143. The van der Waals surface area contributed by atoms with Gasteiger partial charge in [0.1, 0.15) is 18.1 Å². The number of hydrogen-bond acceptors (Lipinski definition) is 2. The lowest BCUT2D eigenvalue weighted by molar-refractivity contribution is -0.137. The van der Waals surface area contributed by atoms with E-state index in [4.69, 9.17) is 16.3 Å². The predicted octanol–water partition coefficient (Wildman–Crippen LogP) is 4.64. The molecule has 0 amide bonds. The van der Waals surface area contributed by atoms with Gasteiger partial charge in [-0.1, -0.05) is 29.8 Å². The molecule has 2 nitrogen and oxygen atoms in total. The quantitative estimate of drug-likeness (QED) is 0.894. The fourth-order valence-electron chi connectivity index (χ4n) is 1.58. The van der Waals surface area contributed by atoms with Crippen molar-refractivity contribution >= 4 is 11.6 Å². The summed E-state index contributed by atoms with van der Waals surface area (Å²) in [6.07, 6.45) is -4.49. The smallest absolute Gasteiger partial charge is 0.416 e. The first kappa shape index (κ1) is 14.5. The number of phenols is 1. The molecule has 0 aromatic heterocycles. The number of halogens is 4. The second kappa shape index (κ2) is 5.63. The molecule has 20 heavy (non-hydrogen) atoms. The number of alkyl halides is 3. The zero-order valence-electron chi connectivity index (χ0n) is 10.1. The highest BCUT2D eigenvalue weighted by Crippen LogP contribution is 2.33. The number of para-hydroxylation sites is 1. The fourth-order valence-corrected chi connectivity index (χ4v) is 1.77. The Balaban J connectivity index is 2.13. The SMILES string of the molecule is Oc1cc(C(F)(F)F)ccc1COc1ccccc1Cl. The van der Waals surface area contributed by atoms with Gasteiger partial charge in [-0.25, -0.2) is 0 Å². The molecule has 0 unspecified atom stereocenters. The molecule has 2 rings (SSSR count). The molecule has 2 aromatic carbocycles. The van der Waals surface area contributed by atoms with Gasteiger partial charge in [0.15, 0.2) is 0 Å². The van der Waals surface area contributed by atoms with Crippen molar-refractivity contribution in [2.45, 2.75) is 12.8 Å². The van der Waals surface area contributed by atoms with Crippen LogP contribution < -0.4 is 4.74 Å². The molecule has 106 valence electrons. The minimum Gasteiger partial charge on any atom is -0.508 e. The minimum absolute atomic E-state index is 0.0757. The van der Waals surface area contributed by atoms with Gasteiger partial charge in [0.05, 0.1) is 10.6 Å². The Labute approximate surface area is 118 Å². The zero-order valence-corrected chi connectivity index (χ0v) is 10.9. The third kappa shape index (κ3) is 3.36. The number of hydrogen-bond donors (Lipinski definition) is 1. The molecule has 0 saturated heterocycles. The molecule has 0 aliphatic heterocycles. The Morgan fingerprint density at radius 2 is 1.80 bits per heavy atom. The molecule has 0 bridgehead atoms. The molecular weight excluding hydrogens is 293 g/mol. The molecule has 2 aromatic rings. The summed E-state index contributed by atoms with van der Waals surface area (Å²) in [4.78, 5) is 0. The first-order valence-corrected chi connectivity index (χ1v) is 6.02. The van der Waals surface area contributed by atoms with Crippen LogP contribution in [0.5, 0.6) is 11.5 Å². The highest BCUT2D eigenvalue weighted by Gasteiger charge is 2.31. The Kier molecular flexibility index (Phi) is 4.09. The largest absolute Gasteiger partial charge is 0.508 e. The maximum atomic E-state index is 12.4. The lowest BCUT2D eigenvalue weighted by Crippen LogP contribution is -2.05. The van der Waals surface area contributed by atoms with E-state index in [0.717, 1.165) is 6.07 Å². The van der Waals surface area contributed by atoms with E-state index in [2.05, 4.69) is 0 Å². The van der Waals surface area contributed by atoms with Crippen molar-refractivity contribution in [1.82, 2.24) is 0 Å². The summed E-state index contributed by atoms with van der Waals surface area (Å²) in [6.45, 7) is -0.0757. The van der Waals surface area contributed by atoms with Crippen molar-refractivity contribution in [3.63, 3.8) is 0 Å². The van der Waals surface area contributed by atoms with Crippen LogP contribution >= 0.6 is 11.6 Å². The molecule has 0 aliphatic carbocycles. The topological polar surface area (TPSA) is 29.5 Å². The molecule has 0 atom stereocenters. The minimum atomic E-state index is -4.49. The molecule has 0 saturated carbocycles. The van der Waals surface area contributed by atoms with E-state index < -0.39 is 17.5 Å². The van der Waals surface area contributed by atoms with Crippen LogP contribution in [0.15, 0.2) is 42.5 Å². The van der Waals surface area contributed by atoms with E-state index in [1.165, 1.54) is 6.07 Å². The van der Waals surface area contributed by atoms with E-state index >= 15 is 0 Å². The van der Waals surface area contributed by atoms with Crippen LogP contribution in [-0.4, -0.2) is 5.11 Å². The Morgan fingerprint density at radius 1 is 1.10 bits per heavy atom. The predicted molar refractivity (Wildman–Crippen MR) is 68.9 cm³/mol. The van der Waals surface area contributed by atoms with Crippen molar-refractivity contribution in [2.75, 3.05) is 0 Å². The molecule has 0 heterocycles. The van der Waals surface area contributed by atoms with Crippen LogP contribution in [0.3, 0.4) is 0 Å². The van der Waals surface area contributed by atoms with Gasteiger partial charge in [-0.05, 0) is 24.3 Å². The normalized spacial score (nSPS) is 11.4. The van der Waals surface area contributed by atoms with Crippen molar-refractivity contribution in [1.29, 1.82) is 0 Å². The summed E-state index contributed by atoms with van der Waals surface area (Å²) in [5, 5.41) is 9.98. The maximum absolute atomic E-state index is 12.4. The lowest BCUT2D eigenvalue weighted by Gasteiger charge is -2.11. The van der Waals surface area contributed by atoms with E-state index in [0.29, 0.717) is 16.8 Å². The Hall–Kier alpha value is -1.88. The van der Waals surface area contributed by atoms with Crippen molar-refractivity contribution in [3.05, 3.63) is 58.6 Å². The van der Waals surface area contributed by atoms with Gasteiger partial charge in [0.25, 0.3) is 0 Å². The van der Waals surface area contributed by atoms with E-state index in [-0.39, 0.29) is 12.2 Å². The third-order valence-electron chi connectivity index (χ3n) is 2.63. The summed E-state index contributed by atoms with van der Waals surface area (Å²) in [7, 11) is 0. The first-order valence-electron chi connectivity index (χ1n) is 5.64. The molecule has 0 fully saturated rings. The second-order valence-electron chi connectivity index (χ2n) is 4.06. The number of rotatable bonds is 3. The van der Waals surface area contributed by atoms with E-state index in [1.807, 2.05) is 0 Å². The molecular formula is C14H10ClF3O2. The average molecular weight is 303 g/mol. The number of phenolic OH excluding ortho intramolecular Hbond substituents is 1. The summed E-state index contributed by atoms with van der Waals surface area (Å²) < 4.78 is 42.7. The van der Waals surface area contributed by atoms with Gasteiger partial charge in [0, 0.05) is 5.56 Å². The van der Waals surface area contributed by atoms with Crippen molar-refractivity contribution < 1.29 is 23.0 Å². The third-order valence-corrected chi connectivity index (χ3v) is 2.94. The van der Waals surface area contributed by atoms with E-state index in [1.54, 1.807) is 24.3 Å². The van der Waals surface area contributed by atoms with Crippen LogP contribution in [0.2, 0.25) is 5.02 Å². The van der Waals surface area contributed by atoms with Gasteiger partial charge in [-0.15, -0.1) is 0 Å². The van der Waals surface area contributed by atoms with Crippen LogP contribution in [0.1, 0.15) is 11.1 Å². The van der Waals surface area contributed by atoms with Gasteiger partial charge in [-0.2, -0.15) is 13.2 Å². The van der Waals surface area contributed by atoms with Crippen LogP contribution in [0, 0.1) is 0 Å². The summed E-state index contributed by atoms with van der Waals surface area (Å²) in [6, 6.07) is 9.44. The average Bonchev–Trinajstić information content (AvgIpc) is 2.38. The monoisotopic (exact) mass is 302 g/mol. The van der Waals surface area contributed by atoms with Crippen molar-refractivity contribution in [2.24, 2.45) is 0 Å². The van der Waals surface area contributed by atoms with Crippen LogP contribution in [0.4, 0.5) is 13.2 Å². The van der Waals surface area contributed by atoms with Gasteiger partial charge >= 0.3 is 6.18 Å². The highest BCUT2D eigenvalue weighted by molar-refractivity contribution is 6.32. The first-order chi connectivity index (χ1) is 9.38. The number of ether oxygens (including phenoxy) is 1. The molecule has 1 N–H and O–H groups in total. The number of aromatic hydroxyl groups is 1. The molecule has 0 radical (unpaired) electrons.